The van der Waals surface area contributed by atoms with Crippen molar-refractivity contribution in [1.82, 2.24) is 15.1 Å². The molecule has 1 amide bonds. The van der Waals surface area contributed by atoms with Gasteiger partial charge in [0.2, 0.25) is 0 Å². The SMILES string of the molecule is O=C(O)N1C[C@H]2C[C@@H](Nc3ccc(S(=O)(=O)C4CCCCC4)nn3)C[C@H]2C1. The Kier molecular flexibility index (Phi) is 4.96. The largest absolute Gasteiger partial charge is 0.465 e. The summed E-state index contributed by atoms with van der Waals surface area (Å²) >= 11 is 0. The van der Waals surface area contributed by atoms with Crippen molar-refractivity contribution in [2.24, 2.45) is 11.8 Å². The van der Waals surface area contributed by atoms with Crippen LogP contribution in [0.4, 0.5) is 10.6 Å². The van der Waals surface area contributed by atoms with Crippen LogP contribution in [0.1, 0.15) is 44.9 Å². The molecule has 9 heteroatoms. The van der Waals surface area contributed by atoms with Crippen molar-refractivity contribution in [2.45, 2.75) is 61.3 Å². The Hall–Kier alpha value is -1.90. The highest BCUT2D eigenvalue weighted by Gasteiger charge is 2.42. The number of hydrogen-bond acceptors (Lipinski definition) is 6. The molecule has 148 valence electrons. The summed E-state index contributed by atoms with van der Waals surface area (Å²) in [6.07, 6.45) is 5.41. The zero-order valence-electron chi connectivity index (χ0n) is 15.2. The lowest BCUT2D eigenvalue weighted by Crippen LogP contribution is -2.29. The van der Waals surface area contributed by atoms with Crippen LogP contribution in [0, 0.1) is 11.8 Å². The monoisotopic (exact) mass is 394 g/mol. The third-order valence-corrected chi connectivity index (χ3v) is 8.45. The molecule has 1 saturated heterocycles. The molecular weight excluding hydrogens is 368 g/mol. The van der Waals surface area contributed by atoms with E-state index in [9.17, 15) is 13.2 Å². The quantitative estimate of drug-likeness (QED) is 0.806. The number of carboxylic acid groups (broad SMARTS) is 1. The minimum absolute atomic E-state index is 0.0698. The van der Waals surface area contributed by atoms with Crippen LogP contribution in [0.3, 0.4) is 0 Å². The molecule has 27 heavy (non-hydrogen) atoms. The number of hydrogen-bond donors (Lipinski definition) is 2. The predicted octanol–water partition coefficient (Wildman–Crippen LogP) is 2.38. The predicted molar refractivity (Wildman–Crippen MR) is 99.3 cm³/mol. The van der Waals surface area contributed by atoms with Gasteiger partial charge in [-0.25, -0.2) is 13.2 Å². The third-order valence-electron chi connectivity index (χ3n) is 6.30. The highest BCUT2D eigenvalue weighted by Crippen LogP contribution is 2.39. The highest BCUT2D eigenvalue weighted by atomic mass is 32.2. The van der Waals surface area contributed by atoms with E-state index in [0.29, 0.717) is 43.6 Å². The molecule has 0 bridgehead atoms. The summed E-state index contributed by atoms with van der Waals surface area (Å²) in [6, 6.07) is 3.48. The first-order chi connectivity index (χ1) is 12.9. The molecule has 3 fully saturated rings. The molecule has 2 aliphatic carbocycles. The Morgan fingerprint density at radius 3 is 2.30 bits per heavy atom. The minimum atomic E-state index is -3.40. The first kappa shape index (κ1) is 18.5. The van der Waals surface area contributed by atoms with Gasteiger partial charge in [0.15, 0.2) is 14.9 Å². The van der Waals surface area contributed by atoms with Crippen LogP contribution in [0.2, 0.25) is 0 Å². The molecule has 0 aromatic carbocycles. The average Bonchev–Trinajstić information content (AvgIpc) is 3.21. The first-order valence-corrected chi connectivity index (χ1v) is 11.3. The Morgan fingerprint density at radius 2 is 1.74 bits per heavy atom. The van der Waals surface area contributed by atoms with Gasteiger partial charge in [0.1, 0.15) is 5.82 Å². The smallest absolute Gasteiger partial charge is 0.407 e. The Morgan fingerprint density at radius 1 is 1.07 bits per heavy atom. The summed E-state index contributed by atoms with van der Waals surface area (Å²) in [5.74, 6) is 1.35. The Labute approximate surface area is 159 Å². The number of nitrogens with one attached hydrogen (secondary N) is 1. The van der Waals surface area contributed by atoms with Gasteiger partial charge in [0.25, 0.3) is 0 Å². The van der Waals surface area contributed by atoms with Crippen molar-refractivity contribution >= 4 is 21.7 Å². The van der Waals surface area contributed by atoms with Gasteiger partial charge in [-0.05, 0) is 49.7 Å². The summed E-state index contributed by atoms with van der Waals surface area (Å²) in [5, 5.41) is 20.3. The van der Waals surface area contributed by atoms with Crippen molar-refractivity contribution in [3.8, 4) is 0 Å². The number of sulfone groups is 1. The molecule has 0 radical (unpaired) electrons. The third kappa shape index (κ3) is 3.74. The maximum absolute atomic E-state index is 12.7. The summed E-state index contributed by atoms with van der Waals surface area (Å²) in [5.41, 5.74) is 0. The topological polar surface area (TPSA) is 112 Å². The lowest BCUT2D eigenvalue weighted by atomic mass is 10.0. The van der Waals surface area contributed by atoms with E-state index >= 15 is 0 Å². The van der Waals surface area contributed by atoms with Crippen molar-refractivity contribution in [3.63, 3.8) is 0 Å². The Bertz CT molecular complexity index is 778. The van der Waals surface area contributed by atoms with Crippen LogP contribution >= 0.6 is 0 Å². The van der Waals surface area contributed by atoms with Gasteiger partial charge >= 0.3 is 6.09 Å². The molecule has 1 aliphatic heterocycles. The molecule has 2 heterocycles. The summed E-state index contributed by atoms with van der Waals surface area (Å²) in [7, 11) is -3.40. The van der Waals surface area contributed by atoms with E-state index in [-0.39, 0.29) is 16.3 Å². The van der Waals surface area contributed by atoms with E-state index in [1.54, 1.807) is 12.1 Å². The molecule has 4 rings (SSSR count). The van der Waals surface area contributed by atoms with Crippen molar-refractivity contribution in [1.29, 1.82) is 0 Å². The first-order valence-electron chi connectivity index (χ1n) is 9.75. The number of nitrogens with zero attached hydrogens (tertiary/aromatic N) is 3. The van der Waals surface area contributed by atoms with E-state index in [1.165, 1.54) is 4.90 Å². The number of anilines is 1. The minimum Gasteiger partial charge on any atom is -0.465 e. The van der Waals surface area contributed by atoms with Crippen LogP contribution < -0.4 is 5.32 Å². The van der Waals surface area contributed by atoms with E-state index in [0.717, 1.165) is 32.1 Å². The van der Waals surface area contributed by atoms with Crippen LogP contribution in [0.5, 0.6) is 0 Å². The lowest BCUT2D eigenvalue weighted by Gasteiger charge is -2.21. The lowest BCUT2D eigenvalue weighted by molar-refractivity contribution is 0.152. The number of rotatable bonds is 4. The second-order valence-electron chi connectivity index (χ2n) is 8.08. The number of carbonyl (C=O) groups is 1. The standard InChI is InChI=1S/C18H26N4O4S/c23-18(24)22-10-12-8-14(9-13(12)11-22)19-16-6-7-17(21-20-16)27(25,26)15-4-2-1-3-5-15/h6-7,12-15H,1-5,8-11H2,(H,19,20)(H,23,24)/t12-,13+,14-. The molecule has 1 aromatic heterocycles. The number of fused-ring (bicyclic) bond motifs is 1. The van der Waals surface area contributed by atoms with Crippen LogP contribution in [-0.4, -0.2) is 59.1 Å². The maximum atomic E-state index is 12.7. The summed E-state index contributed by atoms with van der Waals surface area (Å²) < 4.78 is 25.4. The molecule has 3 aliphatic rings. The molecule has 2 N–H and O–H groups in total. The van der Waals surface area contributed by atoms with Gasteiger partial charge in [0, 0.05) is 19.1 Å². The Balaban J connectivity index is 1.36. The highest BCUT2D eigenvalue weighted by molar-refractivity contribution is 7.92. The van der Waals surface area contributed by atoms with Crippen molar-refractivity contribution < 1.29 is 18.3 Å². The van der Waals surface area contributed by atoms with Crippen LogP contribution in [0.15, 0.2) is 17.2 Å². The molecule has 2 saturated carbocycles. The van der Waals surface area contributed by atoms with Gasteiger partial charge in [-0.2, -0.15) is 0 Å². The number of aromatic nitrogens is 2. The average molecular weight is 394 g/mol. The second kappa shape index (κ2) is 7.26. The fraction of sp³-hybridized carbons (Fsp3) is 0.722. The van der Waals surface area contributed by atoms with E-state index in [4.69, 9.17) is 5.11 Å². The van der Waals surface area contributed by atoms with Gasteiger partial charge < -0.3 is 15.3 Å². The molecule has 1 aromatic rings. The van der Waals surface area contributed by atoms with Gasteiger partial charge in [0.05, 0.1) is 5.25 Å². The fourth-order valence-electron chi connectivity index (χ4n) is 4.88. The summed E-state index contributed by atoms with van der Waals surface area (Å²) in [4.78, 5) is 12.6. The zero-order valence-corrected chi connectivity index (χ0v) is 16.1. The molecule has 3 atom stereocenters. The van der Waals surface area contributed by atoms with Crippen molar-refractivity contribution in [3.05, 3.63) is 12.1 Å². The molecular formula is C18H26N4O4S. The normalized spacial score (nSPS) is 28.9. The van der Waals surface area contributed by atoms with Gasteiger partial charge in [-0.1, -0.05) is 19.3 Å². The van der Waals surface area contributed by atoms with E-state index in [1.807, 2.05) is 0 Å². The molecule has 0 spiro atoms. The van der Waals surface area contributed by atoms with Gasteiger partial charge in [-0.15, -0.1) is 10.2 Å². The van der Waals surface area contributed by atoms with E-state index in [2.05, 4.69) is 15.5 Å². The zero-order chi connectivity index (χ0) is 19.0. The second-order valence-corrected chi connectivity index (χ2v) is 10.3. The van der Waals surface area contributed by atoms with E-state index < -0.39 is 15.9 Å². The maximum Gasteiger partial charge on any atom is 0.407 e. The van der Waals surface area contributed by atoms with Crippen LogP contribution in [0.25, 0.3) is 0 Å². The van der Waals surface area contributed by atoms with Crippen molar-refractivity contribution in [2.75, 3.05) is 18.4 Å². The number of amides is 1. The molecule has 8 nitrogen and oxygen atoms in total. The number of likely N-dealkylation sites (tertiary alicyclic amines) is 1. The van der Waals surface area contributed by atoms with Crippen LogP contribution in [-0.2, 0) is 9.84 Å². The molecule has 0 unspecified atom stereocenters. The fourth-order valence-corrected chi connectivity index (χ4v) is 6.59. The summed E-state index contributed by atoms with van der Waals surface area (Å²) in [6.45, 7) is 1.20. The van der Waals surface area contributed by atoms with Gasteiger partial charge in [-0.3, -0.25) is 0 Å².